The van der Waals surface area contributed by atoms with Crippen molar-refractivity contribution in [2.45, 2.75) is 12.8 Å². The number of hydrogen-bond donors (Lipinski definition) is 0. The van der Waals surface area contributed by atoms with Crippen molar-refractivity contribution >= 4 is 46.4 Å². The third-order valence-corrected chi connectivity index (χ3v) is 3.97. The van der Waals surface area contributed by atoms with Gasteiger partial charge in [0.25, 0.3) is 0 Å². The van der Waals surface area contributed by atoms with Gasteiger partial charge in [-0.25, -0.2) is 0 Å². The lowest BCUT2D eigenvalue weighted by Gasteiger charge is -2.13. The van der Waals surface area contributed by atoms with Crippen LogP contribution in [0.4, 0.5) is 13.2 Å². The van der Waals surface area contributed by atoms with Gasteiger partial charge in [-0.3, -0.25) is 0 Å². The molecule has 0 spiro atoms. The van der Waals surface area contributed by atoms with E-state index in [0.29, 0.717) is 11.3 Å². The molecule has 0 saturated heterocycles. The summed E-state index contributed by atoms with van der Waals surface area (Å²) in [6.07, 6.45) is -2.99. The van der Waals surface area contributed by atoms with Crippen molar-refractivity contribution < 1.29 is 22.6 Å². The molecule has 0 aliphatic heterocycles. The van der Waals surface area contributed by atoms with Gasteiger partial charge in [-0.2, -0.15) is 13.2 Å². The first-order chi connectivity index (χ1) is 12.2. The molecule has 0 fully saturated rings. The summed E-state index contributed by atoms with van der Waals surface area (Å²) in [6, 6.07) is 7.72. The van der Waals surface area contributed by atoms with Crippen LogP contribution in [0.15, 0.2) is 47.0 Å². The molecule has 0 N–H and O–H groups in total. The summed E-state index contributed by atoms with van der Waals surface area (Å²) in [5.74, 6) is 0.501. The highest BCUT2D eigenvalue weighted by atomic mass is 35.5. The minimum absolute atomic E-state index is 0.0586. The molecule has 0 aliphatic carbocycles. The summed E-state index contributed by atoms with van der Waals surface area (Å²) in [4.78, 5) is 0. The van der Waals surface area contributed by atoms with E-state index in [0.717, 1.165) is 12.1 Å². The molecule has 0 heterocycles. The minimum Gasteiger partial charge on any atom is -0.489 e. The second-order valence-corrected chi connectivity index (χ2v) is 6.83. The van der Waals surface area contributed by atoms with E-state index in [9.17, 15) is 13.2 Å². The molecular weight excluding hydrogens is 435 g/mol. The van der Waals surface area contributed by atoms with Gasteiger partial charge in [0.2, 0.25) is 0 Å². The average Bonchev–Trinajstić information content (AvgIpc) is 2.53. The van der Waals surface area contributed by atoms with Crippen molar-refractivity contribution in [3.8, 4) is 11.5 Å². The quantitative estimate of drug-likeness (QED) is 0.464. The first-order valence-corrected chi connectivity index (χ1v) is 8.60. The highest BCUT2D eigenvalue weighted by Crippen LogP contribution is 2.37. The fourth-order valence-electron chi connectivity index (χ4n) is 1.95. The third kappa shape index (κ3) is 6.16. The van der Waals surface area contributed by atoms with Gasteiger partial charge in [-0.15, -0.1) is 0 Å². The lowest BCUT2D eigenvalue weighted by Crippen LogP contribution is -2.06. The topological polar surface area (TPSA) is 18.5 Å². The summed E-state index contributed by atoms with van der Waals surface area (Å²) < 4.78 is 49.1. The van der Waals surface area contributed by atoms with Gasteiger partial charge in [0.15, 0.2) is 5.75 Å². The zero-order valence-corrected chi connectivity index (χ0v) is 15.9. The van der Waals surface area contributed by atoms with Crippen molar-refractivity contribution in [2.75, 3.05) is 6.61 Å². The van der Waals surface area contributed by atoms with E-state index in [1.807, 2.05) is 0 Å². The van der Waals surface area contributed by atoms with E-state index in [1.165, 1.54) is 30.3 Å². The van der Waals surface area contributed by atoms with Gasteiger partial charge in [0, 0.05) is 12.1 Å². The van der Waals surface area contributed by atoms with E-state index >= 15 is 0 Å². The second-order valence-electron chi connectivity index (χ2n) is 5.01. The molecule has 0 unspecified atom stereocenters. The Kier molecular flexibility index (Phi) is 7.35. The molecule has 2 aromatic rings. The molecule has 0 atom stereocenters. The summed E-state index contributed by atoms with van der Waals surface area (Å²) >= 11 is 23.2. The van der Waals surface area contributed by atoms with Crippen LogP contribution in [0.2, 0.25) is 10.0 Å². The Hall–Kier alpha value is -1.27. The van der Waals surface area contributed by atoms with Gasteiger partial charge in [0.1, 0.15) is 23.5 Å². The van der Waals surface area contributed by atoms with E-state index in [2.05, 4.69) is 0 Å². The van der Waals surface area contributed by atoms with Crippen LogP contribution in [0.1, 0.15) is 11.1 Å². The van der Waals surface area contributed by atoms with Crippen LogP contribution in [-0.2, 0) is 12.8 Å². The third-order valence-electron chi connectivity index (χ3n) is 3.10. The Bertz CT molecular complexity index is 780. The van der Waals surface area contributed by atoms with E-state index in [4.69, 9.17) is 55.9 Å². The van der Waals surface area contributed by atoms with E-state index in [1.54, 1.807) is 0 Å². The Balaban J connectivity index is 2.09. The number of ether oxygens (including phenoxy) is 2. The minimum atomic E-state index is -4.43. The zero-order chi connectivity index (χ0) is 19.3. The molecule has 0 aromatic heterocycles. The molecule has 2 rings (SSSR count). The Morgan fingerprint density at radius 1 is 1.00 bits per heavy atom. The van der Waals surface area contributed by atoms with Crippen LogP contribution in [0.25, 0.3) is 0 Å². The summed E-state index contributed by atoms with van der Waals surface area (Å²) in [6.45, 7) is -0.0203. The van der Waals surface area contributed by atoms with Crippen LogP contribution in [0.5, 0.6) is 11.5 Å². The van der Waals surface area contributed by atoms with Gasteiger partial charge >= 0.3 is 6.18 Å². The number of halogens is 7. The van der Waals surface area contributed by atoms with Crippen molar-refractivity contribution in [1.29, 1.82) is 0 Å². The predicted molar refractivity (Wildman–Crippen MR) is 97.5 cm³/mol. The summed E-state index contributed by atoms with van der Waals surface area (Å²) in [5.41, 5.74) is -0.431. The number of hydrogen-bond acceptors (Lipinski definition) is 2. The molecule has 2 nitrogen and oxygen atoms in total. The first-order valence-electron chi connectivity index (χ1n) is 7.09. The molecule has 0 radical (unpaired) electrons. The van der Waals surface area contributed by atoms with Gasteiger partial charge in [-0.1, -0.05) is 58.5 Å². The average molecular weight is 446 g/mol. The van der Waals surface area contributed by atoms with Crippen molar-refractivity contribution in [2.24, 2.45) is 0 Å². The number of rotatable bonds is 6. The number of alkyl halides is 3. The smallest absolute Gasteiger partial charge is 0.416 e. The molecule has 26 heavy (non-hydrogen) atoms. The van der Waals surface area contributed by atoms with Crippen LogP contribution < -0.4 is 9.47 Å². The predicted octanol–water partition coefficient (Wildman–Crippen LogP) is 7.29. The SMILES string of the molecule is FC(F)(F)c1cccc(COc2c(Cl)cc(OCC=C(Cl)Cl)cc2Cl)c1. The highest BCUT2D eigenvalue weighted by molar-refractivity contribution is 6.55. The fourth-order valence-corrected chi connectivity index (χ4v) is 2.65. The number of benzene rings is 2. The lowest BCUT2D eigenvalue weighted by molar-refractivity contribution is -0.137. The maximum Gasteiger partial charge on any atom is 0.416 e. The van der Waals surface area contributed by atoms with E-state index < -0.39 is 11.7 Å². The molecule has 140 valence electrons. The van der Waals surface area contributed by atoms with E-state index in [-0.39, 0.29) is 33.5 Å². The highest BCUT2D eigenvalue weighted by Gasteiger charge is 2.30. The van der Waals surface area contributed by atoms with Gasteiger partial charge in [-0.05, 0) is 23.8 Å². The zero-order valence-electron chi connectivity index (χ0n) is 12.9. The molecular formula is C17H11Cl4F3O2. The maximum atomic E-state index is 12.7. The lowest BCUT2D eigenvalue weighted by atomic mass is 10.1. The van der Waals surface area contributed by atoms with Crippen molar-refractivity contribution in [3.63, 3.8) is 0 Å². The van der Waals surface area contributed by atoms with Crippen LogP contribution in [-0.4, -0.2) is 6.61 Å². The second kappa shape index (κ2) is 9.09. The summed E-state index contributed by atoms with van der Waals surface area (Å²) in [7, 11) is 0. The first kappa shape index (κ1) is 21.0. The largest absolute Gasteiger partial charge is 0.489 e. The molecule has 0 aliphatic rings. The summed E-state index contributed by atoms with van der Waals surface area (Å²) in [5, 5.41) is 0.306. The molecule has 2 aromatic carbocycles. The van der Waals surface area contributed by atoms with Crippen LogP contribution in [0.3, 0.4) is 0 Å². The molecule has 0 bridgehead atoms. The Morgan fingerprint density at radius 3 is 2.23 bits per heavy atom. The molecule has 9 heteroatoms. The maximum absolute atomic E-state index is 12.7. The molecule has 0 saturated carbocycles. The Morgan fingerprint density at radius 2 is 1.65 bits per heavy atom. The van der Waals surface area contributed by atoms with Gasteiger partial charge in [0.05, 0.1) is 15.6 Å². The fraction of sp³-hybridized carbons (Fsp3) is 0.176. The van der Waals surface area contributed by atoms with Crippen molar-refractivity contribution in [3.05, 3.63) is 68.1 Å². The standard InChI is InChI=1S/C17H11Cl4F3O2/c18-13-7-12(25-5-4-15(20)21)8-14(19)16(13)26-9-10-2-1-3-11(6-10)17(22,23)24/h1-4,6-8H,5,9H2. The monoisotopic (exact) mass is 444 g/mol. The van der Waals surface area contributed by atoms with Crippen molar-refractivity contribution in [1.82, 2.24) is 0 Å². The normalized spacial score (nSPS) is 11.2. The Labute approximate surface area is 168 Å². The van der Waals surface area contributed by atoms with Crippen LogP contribution >= 0.6 is 46.4 Å². The van der Waals surface area contributed by atoms with Crippen LogP contribution in [0, 0.1) is 0 Å². The van der Waals surface area contributed by atoms with Gasteiger partial charge < -0.3 is 9.47 Å². The molecule has 0 amide bonds.